The van der Waals surface area contributed by atoms with Crippen LogP contribution in [0.4, 0.5) is 0 Å². The first-order chi connectivity index (χ1) is 10.7. The summed E-state index contributed by atoms with van der Waals surface area (Å²) in [6.07, 6.45) is 2.58. The van der Waals surface area contributed by atoms with Gasteiger partial charge in [0.15, 0.2) is 5.96 Å². The number of aliphatic hydroxyl groups is 1. The SMILES string of the molecule is CCNC(=NCC1(O)CCc2ccccc21)NCCCOC. The summed E-state index contributed by atoms with van der Waals surface area (Å²) in [5.41, 5.74) is 1.41. The summed E-state index contributed by atoms with van der Waals surface area (Å²) < 4.78 is 5.04. The van der Waals surface area contributed by atoms with Crippen LogP contribution in [0, 0.1) is 0 Å². The number of aliphatic imine (C=N–C) groups is 1. The molecule has 0 amide bonds. The monoisotopic (exact) mass is 305 g/mol. The Morgan fingerprint density at radius 3 is 2.95 bits per heavy atom. The smallest absolute Gasteiger partial charge is 0.191 e. The first kappa shape index (κ1) is 16.8. The zero-order valence-corrected chi connectivity index (χ0v) is 13.6. The van der Waals surface area contributed by atoms with Crippen LogP contribution in [0.15, 0.2) is 29.3 Å². The van der Waals surface area contributed by atoms with E-state index in [9.17, 15) is 5.11 Å². The van der Waals surface area contributed by atoms with Gasteiger partial charge in [0.2, 0.25) is 0 Å². The first-order valence-corrected chi connectivity index (χ1v) is 8.01. The van der Waals surface area contributed by atoms with Crippen molar-refractivity contribution in [2.75, 3.05) is 33.4 Å². The van der Waals surface area contributed by atoms with Crippen LogP contribution in [-0.2, 0) is 16.8 Å². The van der Waals surface area contributed by atoms with Gasteiger partial charge in [0.25, 0.3) is 0 Å². The molecule has 5 nitrogen and oxygen atoms in total. The Hall–Kier alpha value is -1.59. The van der Waals surface area contributed by atoms with Crippen molar-refractivity contribution in [2.45, 2.75) is 31.8 Å². The third kappa shape index (κ3) is 4.21. The Labute approximate surface area is 132 Å². The number of nitrogens with one attached hydrogen (secondary N) is 2. The van der Waals surface area contributed by atoms with E-state index in [1.54, 1.807) is 7.11 Å². The van der Waals surface area contributed by atoms with E-state index in [4.69, 9.17) is 4.74 Å². The maximum Gasteiger partial charge on any atom is 0.191 e. The lowest BCUT2D eigenvalue weighted by atomic mass is 9.96. The topological polar surface area (TPSA) is 65.9 Å². The van der Waals surface area contributed by atoms with Crippen molar-refractivity contribution in [1.29, 1.82) is 0 Å². The third-order valence-corrected chi connectivity index (χ3v) is 3.99. The molecule has 0 spiro atoms. The fraction of sp³-hybridized carbons (Fsp3) is 0.588. The van der Waals surface area contributed by atoms with Crippen molar-refractivity contribution < 1.29 is 9.84 Å². The number of rotatable bonds is 7. The molecule has 3 N–H and O–H groups in total. The molecule has 0 saturated heterocycles. The molecule has 1 aromatic carbocycles. The Kier molecular flexibility index (Phi) is 6.21. The maximum absolute atomic E-state index is 10.9. The van der Waals surface area contributed by atoms with E-state index in [-0.39, 0.29) is 0 Å². The average molecular weight is 305 g/mol. The minimum absolute atomic E-state index is 0.379. The average Bonchev–Trinajstić information content (AvgIpc) is 2.87. The molecule has 22 heavy (non-hydrogen) atoms. The molecule has 5 heteroatoms. The Morgan fingerprint density at radius 2 is 2.18 bits per heavy atom. The summed E-state index contributed by atoms with van der Waals surface area (Å²) >= 11 is 0. The fourth-order valence-electron chi connectivity index (χ4n) is 2.81. The van der Waals surface area contributed by atoms with Crippen LogP contribution >= 0.6 is 0 Å². The Balaban J connectivity index is 1.98. The standard InChI is InChI=1S/C17H27N3O2/c1-3-18-16(19-11-6-12-22-2)20-13-17(21)10-9-14-7-4-5-8-15(14)17/h4-5,7-8,21H,3,6,9-13H2,1-2H3,(H2,18,19,20). The molecular weight excluding hydrogens is 278 g/mol. The molecule has 0 bridgehead atoms. The summed E-state index contributed by atoms with van der Waals surface area (Å²) in [4.78, 5) is 4.57. The van der Waals surface area contributed by atoms with E-state index in [1.807, 2.05) is 25.1 Å². The predicted molar refractivity (Wildman–Crippen MR) is 89.1 cm³/mol. The zero-order chi connectivity index (χ0) is 15.8. The second-order valence-corrected chi connectivity index (χ2v) is 5.66. The minimum atomic E-state index is -0.842. The van der Waals surface area contributed by atoms with Crippen molar-refractivity contribution in [2.24, 2.45) is 4.99 Å². The van der Waals surface area contributed by atoms with E-state index in [0.717, 1.165) is 50.5 Å². The van der Waals surface area contributed by atoms with Gasteiger partial charge in [-0.05, 0) is 37.3 Å². The van der Waals surface area contributed by atoms with Crippen LogP contribution in [0.1, 0.15) is 30.9 Å². The second-order valence-electron chi connectivity index (χ2n) is 5.66. The van der Waals surface area contributed by atoms with E-state index < -0.39 is 5.60 Å². The van der Waals surface area contributed by atoms with Crippen molar-refractivity contribution in [3.8, 4) is 0 Å². The number of aryl methyl sites for hydroxylation is 1. The van der Waals surface area contributed by atoms with Crippen molar-refractivity contribution >= 4 is 5.96 Å². The number of methoxy groups -OCH3 is 1. The molecule has 2 rings (SSSR count). The molecule has 0 aromatic heterocycles. The Morgan fingerprint density at radius 1 is 1.36 bits per heavy atom. The molecule has 0 heterocycles. The minimum Gasteiger partial charge on any atom is -0.385 e. The summed E-state index contributed by atoms with van der Waals surface area (Å²) in [5.74, 6) is 0.747. The number of hydrogen-bond acceptors (Lipinski definition) is 3. The van der Waals surface area contributed by atoms with Gasteiger partial charge in [-0.2, -0.15) is 0 Å². The molecular formula is C17H27N3O2. The molecule has 1 aliphatic rings. The van der Waals surface area contributed by atoms with Crippen LogP contribution in [0.3, 0.4) is 0 Å². The Bertz CT molecular complexity index is 504. The van der Waals surface area contributed by atoms with Gasteiger partial charge in [-0.3, -0.25) is 0 Å². The van der Waals surface area contributed by atoms with Gasteiger partial charge in [0.1, 0.15) is 5.60 Å². The molecule has 0 radical (unpaired) electrons. The maximum atomic E-state index is 10.9. The molecule has 1 aliphatic carbocycles. The van der Waals surface area contributed by atoms with Crippen LogP contribution < -0.4 is 10.6 Å². The number of nitrogens with zero attached hydrogens (tertiary/aromatic N) is 1. The lowest BCUT2D eigenvalue weighted by molar-refractivity contribution is 0.0485. The zero-order valence-electron chi connectivity index (χ0n) is 13.6. The molecule has 1 atom stereocenters. The number of benzene rings is 1. The summed E-state index contributed by atoms with van der Waals surface area (Å²) in [6, 6.07) is 8.10. The molecule has 0 saturated carbocycles. The van der Waals surface area contributed by atoms with Crippen molar-refractivity contribution in [1.82, 2.24) is 10.6 Å². The molecule has 1 aromatic rings. The number of guanidine groups is 1. The lowest BCUT2D eigenvalue weighted by Gasteiger charge is -2.22. The van der Waals surface area contributed by atoms with Crippen molar-refractivity contribution in [3.05, 3.63) is 35.4 Å². The van der Waals surface area contributed by atoms with Crippen LogP contribution in [0.5, 0.6) is 0 Å². The van der Waals surface area contributed by atoms with E-state index in [2.05, 4.69) is 21.7 Å². The highest BCUT2D eigenvalue weighted by molar-refractivity contribution is 5.79. The number of ether oxygens (including phenoxy) is 1. The molecule has 122 valence electrons. The quantitative estimate of drug-likeness (QED) is 0.405. The highest BCUT2D eigenvalue weighted by atomic mass is 16.5. The van der Waals surface area contributed by atoms with Gasteiger partial charge < -0.3 is 20.5 Å². The first-order valence-electron chi connectivity index (χ1n) is 8.01. The number of fused-ring (bicyclic) bond motifs is 1. The van der Waals surface area contributed by atoms with E-state index in [1.165, 1.54) is 5.56 Å². The largest absolute Gasteiger partial charge is 0.385 e. The molecule has 0 fully saturated rings. The van der Waals surface area contributed by atoms with Crippen LogP contribution in [-0.4, -0.2) is 44.4 Å². The predicted octanol–water partition coefficient (Wildman–Crippen LogP) is 1.41. The van der Waals surface area contributed by atoms with Gasteiger partial charge >= 0.3 is 0 Å². The summed E-state index contributed by atoms with van der Waals surface area (Å²) in [6.45, 7) is 4.74. The fourth-order valence-corrected chi connectivity index (χ4v) is 2.81. The third-order valence-electron chi connectivity index (χ3n) is 3.99. The van der Waals surface area contributed by atoms with Gasteiger partial charge in [0, 0.05) is 26.8 Å². The van der Waals surface area contributed by atoms with Crippen molar-refractivity contribution in [3.63, 3.8) is 0 Å². The number of hydrogen-bond donors (Lipinski definition) is 3. The highest BCUT2D eigenvalue weighted by Gasteiger charge is 2.36. The van der Waals surface area contributed by atoms with E-state index >= 15 is 0 Å². The second kappa shape index (κ2) is 8.15. The highest BCUT2D eigenvalue weighted by Crippen LogP contribution is 2.36. The van der Waals surface area contributed by atoms with Gasteiger partial charge in [-0.1, -0.05) is 24.3 Å². The van der Waals surface area contributed by atoms with Crippen LogP contribution in [0.2, 0.25) is 0 Å². The summed E-state index contributed by atoms with van der Waals surface area (Å²) in [5, 5.41) is 17.4. The van der Waals surface area contributed by atoms with Gasteiger partial charge in [-0.25, -0.2) is 4.99 Å². The molecule has 1 unspecified atom stereocenters. The molecule has 0 aliphatic heterocycles. The van der Waals surface area contributed by atoms with Crippen LogP contribution in [0.25, 0.3) is 0 Å². The lowest BCUT2D eigenvalue weighted by Crippen LogP contribution is -2.39. The van der Waals surface area contributed by atoms with Gasteiger partial charge in [0.05, 0.1) is 6.54 Å². The summed E-state index contributed by atoms with van der Waals surface area (Å²) in [7, 11) is 1.70. The normalized spacial score (nSPS) is 20.8. The van der Waals surface area contributed by atoms with Gasteiger partial charge in [-0.15, -0.1) is 0 Å². The van der Waals surface area contributed by atoms with E-state index in [0.29, 0.717) is 6.54 Å².